The minimum atomic E-state index is 0.0500. The average Bonchev–Trinajstić information content (AvgIpc) is 3.22. The van der Waals surface area contributed by atoms with E-state index in [1.807, 2.05) is 48.4 Å². The zero-order valence-corrected chi connectivity index (χ0v) is 13.0. The fraction of sp³-hybridized carbons (Fsp3) is 0.278. The number of amides is 1. The van der Waals surface area contributed by atoms with E-state index < -0.39 is 0 Å². The molecule has 0 spiro atoms. The van der Waals surface area contributed by atoms with Crippen molar-refractivity contribution < 1.29 is 4.79 Å². The Balaban J connectivity index is 1.54. The summed E-state index contributed by atoms with van der Waals surface area (Å²) in [5, 5.41) is 0.996. The van der Waals surface area contributed by atoms with Gasteiger partial charge >= 0.3 is 0 Å². The summed E-state index contributed by atoms with van der Waals surface area (Å²) < 4.78 is 0. The van der Waals surface area contributed by atoms with Gasteiger partial charge < -0.3 is 9.88 Å². The number of carbonyl (C=O) groups excluding carboxylic acids is 1. The molecular weight excluding hydrogens is 288 g/mol. The van der Waals surface area contributed by atoms with Gasteiger partial charge in [0.15, 0.2) is 0 Å². The maximum absolute atomic E-state index is 12.7. The zero-order chi connectivity index (χ0) is 15.8. The van der Waals surface area contributed by atoms with Crippen LogP contribution in [-0.4, -0.2) is 38.8 Å². The first kappa shape index (κ1) is 13.9. The number of pyridine rings is 1. The number of imidazole rings is 1. The van der Waals surface area contributed by atoms with Crippen molar-refractivity contribution in [3.05, 3.63) is 59.8 Å². The predicted octanol–water partition coefficient (Wildman–Crippen LogP) is 2.90. The smallest absolute Gasteiger partial charge is 0.255 e. The standard InChI is InChI=1S/C18H18N4O/c1-12-9-20-17(21-12)14-6-7-22(11-14)18(23)15-8-13-4-2-3-5-16(13)19-10-15/h2-5,8-10,14H,6-7,11H2,1H3,(H,20,21)/t14-/m1/s1. The summed E-state index contributed by atoms with van der Waals surface area (Å²) in [7, 11) is 0. The molecule has 1 saturated heterocycles. The van der Waals surface area contributed by atoms with Gasteiger partial charge in [-0.25, -0.2) is 4.98 Å². The Morgan fingerprint density at radius 3 is 2.96 bits per heavy atom. The van der Waals surface area contributed by atoms with Gasteiger partial charge in [0, 0.05) is 42.5 Å². The van der Waals surface area contributed by atoms with Crippen molar-refractivity contribution in [1.29, 1.82) is 0 Å². The quantitative estimate of drug-likeness (QED) is 0.792. The third-order valence-corrected chi connectivity index (χ3v) is 4.42. The van der Waals surface area contributed by atoms with Crippen LogP contribution in [0.3, 0.4) is 0 Å². The number of fused-ring (bicyclic) bond motifs is 1. The topological polar surface area (TPSA) is 61.9 Å². The number of aromatic amines is 1. The Bertz CT molecular complexity index is 870. The van der Waals surface area contributed by atoms with E-state index in [0.29, 0.717) is 18.0 Å². The molecule has 1 aromatic carbocycles. The lowest BCUT2D eigenvalue weighted by Crippen LogP contribution is -2.28. The maximum Gasteiger partial charge on any atom is 0.255 e. The molecule has 3 aromatic rings. The molecule has 1 aliphatic rings. The molecule has 0 bridgehead atoms. The van der Waals surface area contributed by atoms with E-state index >= 15 is 0 Å². The average molecular weight is 306 g/mol. The van der Waals surface area contributed by atoms with Crippen LogP contribution >= 0.6 is 0 Å². The van der Waals surface area contributed by atoms with Gasteiger partial charge in [-0.15, -0.1) is 0 Å². The molecule has 4 rings (SSSR count). The number of carbonyl (C=O) groups is 1. The molecule has 1 amide bonds. The van der Waals surface area contributed by atoms with E-state index in [0.717, 1.165) is 35.4 Å². The zero-order valence-electron chi connectivity index (χ0n) is 13.0. The molecule has 5 nitrogen and oxygen atoms in total. The fourth-order valence-electron chi connectivity index (χ4n) is 3.18. The van der Waals surface area contributed by atoms with E-state index in [1.165, 1.54) is 0 Å². The van der Waals surface area contributed by atoms with E-state index in [2.05, 4.69) is 15.0 Å². The van der Waals surface area contributed by atoms with Crippen LogP contribution in [0.2, 0.25) is 0 Å². The normalized spacial score (nSPS) is 17.8. The van der Waals surface area contributed by atoms with E-state index in [-0.39, 0.29) is 5.91 Å². The third-order valence-electron chi connectivity index (χ3n) is 4.42. The van der Waals surface area contributed by atoms with Crippen molar-refractivity contribution in [2.75, 3.05) is 13.1 Å². The monoisotopic (exact) mass is 306 g/mol. The largest absolute Gasteiger partial charge is 0.346 e. The van der Waals surface area contributed by atoms with Gasteiger partial charge in [-0.2, -0.15) is 0 Å². The highest BCUT2D eigenvalue weighted by molar-refractivity contribution is 5.97. The van der Waals surface area contributed by atoms with Gasteiger partial charge in [-0.05, 0) is 25.5 Å². The number of likely N-dealkylation sites (tertiary alicyclic amines) is 1. The molecular formula is C18H18N4O. The van der Waals surface area contributed by atoms with Crippen LogP contribution in [0.1, 0.15) is 34.2 Å². The second-order valence-corrected chi connectivity index (χ2v) is 6.10. The van der Waals surface area contributed by atoms with Crippen molar-refractivity contribution in [3.8, 4) is 0 Å². The first-order chi connectivity index (χ1) is 11.2. The van der Waals surface area contributed by atoms with Gasteiger partial charge in [0.2, 0.25) is 0 Å². The van der Waals surface area contributed by atoms with Gasteiger partial charge in [0.05, 0.1) is 11.1 Å². The summed E-state index contributed by atoms with van der Waals surface area (Å²) in [6.45, 7) is 3.46. The van der Waals surface area contributed by atoms with Crippen molar-refractivity contribution in [3.63, 3.8) is 0 Å². The fourth-order valence-corrected chi connectivity index (χ4v) is 3.18. The predicted molar refractivity (Wildman–Crippen MR) is 88.3 cm³/mol. The van der Waals surface area contributed by atoms with E-state index in [9.17, 15) is 4.79 Å². The molecule has 5 heteroatoms. The highest BCUT2D eigenvalue weighted by Gasteiger charge is 2.29. The lowest BCUT2D eigenvalue weighted by atomic mass is 10.1. The SMILES string of the molecule is Cc1cnc([C@@H]2CCN(C(=O)c3cnc4ccccc4c3)C2)[nH]1. The van der Waals surface area contributed by atoms with Crippen molar-refractivity contribution in [2.24, 2.45) is 0 Å². The Labute approximate surface area is 134 Å². The minimum absolute atomic E-state index is 0.0500. The Morgan fingerprint density at radius 1 is 1.26 bits per heavy atom. The molecule has 116 valence electrons. The molecule has 0 saturated carbocycles. The summed E-state index contributed by atoms with van der Waals surface area (Å²) in [6, 6.07) is 9.78. The molecule has 23 heavy (non-hydrogen) atoms. The number of hydrogen-bond donors (Lipinski definition) is 1. The molecule has 1 aliphatic heterocycles. The van der Waals surface area contributed by atoms with Gasteiger partial charge in [-0.3, -0.25) is 9.78 Å². The van der Waals surface area contributed by atoms with Gasteiger partial charge in [0.25, 0.3) is 5.91 Å². The summed E-state index contributed by atoms with van der Waals surface area (Å²) in [4.78, 5) is 26.7. The summed E-state index contributed by atoms with van der Waals surface area (Å²) >= 11 is 0. The summed E-state index contributed by atoms with van der Waals surface area (Å²) in [5.74, 6) is 1.32. The number of para-hydroxylation sites is 1. The van der Waals surface area contributed by atoms with Crippen LogP contribution in [0.25, 0.3) is 10.9 Å². The number of aryl methyl sites for hydroxylation is 1. The molecule has 1 N–H and O–H groups in total. The van der Waals surface area contributed by atoms with E-state index in [1.54, 1.807) is 6.20 Å². The number of aromatic nitrogens is 3. The minimum Gasteiger partial charge on any atom is -0.346 e. The lowest BCUT2D eigenvalue weighted by molar-refractivity contribution is 0.0790. The van der Waals surface area contributed by atoms with E-state index in [4.69, 9.17) is 0 Å². The van der Waals surface area contributed by atoms with Crippen LogP contribution in [-0.2, 0) is 0 Å². The highest BCUT2D eigenvalue weighted by atomic mass is 16.2. The van der Waals surface area contributed by atoms with Crippen molar-refractivity contribution in [1.82, 2.24) is 19.9 Å². The molecule has 3 heterocycles. The summed E-state index contributed by atoms with van der Waals surface area (Å²) in [5.41, 5.74) is 2.62. The van der Waals surface area contributed by atoms with Crippen LogP contribution in [0.4, 0.5) is 0 Å². The Morgan fingerprint density at radius 2 is 2.13 bits per heavy atom. The van der Waals surface area contributed by atoms with Crippen LogP contribution in [0.15, 0.2) is 42.7 Å². The molecule has 1 fully saturated rings. The second kappa shape index (κ2) is 5.50. The number of H-pyrrole nitrogens is 1. The Kier molecular flexibility index (Phi) is 3.33. The maximum atomic E-state index is 12.7. The number of nitrogens with one attached hydrogen (secondary N) is 1. The van der Waals surface area contributed by atoms with Crippen molar-refractivity contribution in [2.45, 2.75) is 19.3 Å². The number of benzene rings is 1. The van der Waals surface area contributed by atoms with Crippen molar-refractivity contribution >= 4 is 16.8 Å². The number of nitrogens with zero attached hydrogens (tertiary/aromatic N) is 3. The molecule has 2 aromatic heterocycles. The Hall–Kier alpha value is -2.69. The second-order valence-electron chi connectivity index (χ2n) is 6.10. The third kappa shape index (κ3) is 2.59. The summed E-state index contributed by atoms with van der Waals surface area (Å²) in [6.07, 6.45) is 4.46. The van der Waals surface area contributed by atoms with Crippen LogP contribution in [0, 0.1) is 6.92 Å². The number of hydrogen-bond acceptors (Lipinski definition) is 3. The van der Waals surface area contributed by atoms with Gasteiger partial charge in [-0.1, -0.05) is 18.2 Å². The number of rotatable bonds is 2. The van der Waals surface area contributed by atoms with Crippen LogP contribution in [0.5, 0.6) is 0 Å². The first-order valence-corrected chi connectivity index (χ1v) is 7.86. The van der Waals surface area contributed by atoms with Gasteiger partial charge in [0.1, 0.15) is 5.82 Å². The lowest BCUT2D eigenvalue weighted by Gasteiger charge is -2.16. The molecule has 1 atom stereocenters. The molecule has 0 aliphatic carbocycles. The van der Waals surface area contributed by atoms with Crippen LogP contribution < -0.4 is 0 Å². The molecule has 0 unspecified atom stereocenters. The highest BCUT2D eigenvalue weighted by Crippen LogP contribution is 2.26. The first-order valence-electron chi connectivity index (χ1n) is 7.86. The molecule has 0 radical (unpaired) electrons.